The van der Waals surface area contributed by atoms with E-state index in [2.05, 4.69) is 20.3 Å². The van der Waals surface area contributed by atoms with Crippen molar-refractivity contribution in [2.24, 2.45) is 0 Å². The first kappa shape index (κ1) is 17.5. The van der Waals surface area contributed by atoms with Gasteiger partial charge in [0.15, 0.2) is 0 Å². The van der Waals surface area contributed by atoms with E-state index in [0.29, 0.717) is 6.41 Å². The zero-order chi connectivity index (χ0) is 11.8. The molecule has 0 fully saturated rings. The first-order valence-corrected chi connectivity index (χ1v) is 4.29. The number of amides is 1. The second-order valence-corrected chi connectivity index (χ2v) is 2.33. The molecule has 0 spiro atoms. The van der Waals surface area contributed by atoms with E-state index >= 15 is 0 Å². The molecule has 0 aliphatic carbocycles. The third-order valence-corrected chi connectivity index (χ3v) is 0.858. The predicted molar refractivity (Wildman–Crippen MR) is 58.9 cm³/mol. The Labute approximate surface area is 115 Å². The Bertz CT molecular complexity index is 340. The van der Waals surface area contributed by atoms with E-state index in [1.54, 1.807) is 0 Å². The number of aromatic nitrogens is 3. The van der Waals surface area contributed by atoms with E-state index in [-0.39, 0.29) is 47.4 Å². The molecule has 0 aliphatic rings. The average molecular weight is 260 g/mol. The van der Waals surface area contributed by atoms with Gasteiger partial charge in [0.2, 0.25) is 24.3 Å². The molecule has 16 heavy (non-hydrogen) atoms. The number of anilines is 3. The number of nitrogen functional groups attached to an aromatic ring is 2. The van der Waals surface area contributed by atoms with Gasteiger partial charge in [-0.3, -0.25) is 19.2 Å². The molecule has 1 heterocycles. The monoisotopic (exact) mass is 260 g/mol. The molecule has 1 amide bonds. The van der Waals surface area contributed by atoms with E-state index in [1.165, 1.54) is 0 Å². The van der Waals surface area contributed by atoms with Crippen LogP contribution in [0.25, 0.3) is 0 Å². The summed E-state index contributed by atoms with van der Waals surface area (Å²) in [4.78, 5) is 20.5. The van der Waals surface area contributed by atoms with Crippen molar-refractivity contribution in [3.05, 3.63) is 0 Å². The number of nitrogens with two attached hydrogens (primary N) is 2. The van der Waals surface area contributed by atoms with E-state index in [0.717, 1.165) is 0 Å². The quantitative estimate of drug-likeness (QED) is 0.221. The fourth-order valence-corrected chi connectivity index (χ4v) is 0.527. The van der Waals surface area contributed by atoms with Crippen LogP contribution in [0.4, 0.5) is 17.8 Å². The number of hydrogen-bond donors (Lipinski definition) is 5. The second-order valence-electron chi connectivity index (χ2n) is 1.87. The molecule has 1 aromatic heterocycles. The Morgan fingerprint density at radius 3 is 1.88 bits per heavy atom. The van der Waals surface area contributed by atoms with Crippen LogP contribution in [-0.4, -0.2) is 64.2 Å². The van der Waals surface area contributed by atoms with Crippen molar-refractivity contribution in [1.82, 2.24) is 15.0 Å². The topological polar surface area (TPSA) is 177 Å². The molecule has 0 aromatic carbocycles. The molecule has 0 atom stereocenters. The second kappa shape index (κ2) is 9.38. The summed E-state index contributed by atoms with van der Waals surface area (Å²) in [6.45, 7) is 0. The number of rotatable bonds is 2. The van der Waals surface area contributed by atoms with Crippen molar-refractivity contribution in [3.8, 4) is 0 Å². The van der Waals surface area contributed by atoms with Gasteiger partial charge in [0.1, 0.15) is 0 Å². The van der Waals surface area contributed by atoms with Crippen LogP contribution in [0, 0.1) is 0 Å². The Morgan fingerprint density at radius 2 is 1.56 bits per heavy atom. The Hall–Kier alpha value is -0.850. The molecule has 7 N–H and O–H groups in total. The molecule has 1 rings (SSSR count). The summed E-state index contributed by atoms with van der Waals surface area (Å²) in [5.41, 5.74) is 10.4. The van der Waals surface area contributed by atoms with Crippen LogP contribution >= 0.6 is 0 Å². The molecule has 0 saturated heterocycles. The first-order chi connectivity index (χ1) is 6.95. The third-order valence-electron chi connectivity index (χ3n) is 0.858. The SMILES string of the molecule is Nc1nc(N)nc(NC=O)n1.O=S(O)O.[NaH]. The molecule has 0 saturated carbocycles. The number of carbonyl (C=O) groups is 1. The number of hydrogen-bond acceptors (Lipinski definition) is 7. The molecule has 0 unspecified atom stereocenters. The van der Waals surface area contributed by atoms with Crippen molar-refractivity contribution >= 4 is 65.2 Å². The summed E-state index contributed by atoms with van der Waals surface area (Å²) in [6, 6.07) is 0. The zero-order valence-corrected chi connectivity index (χ0v) is 8.01. The van der Waals surface area contributed by atoms with Gasteiger partial charge in [-0.2, -0.15) is 19.2 Å². The van der Waals surface area contributed by atoms with E-state index < -0.39 is 11.4 Å². The summed E-state index contributed by atoms with van der Waals surface area (Å²) in [5, 5.41) is 2.19. The molecule has 1 aromatic rings. The van der Waals surface area contributed by atoms with Crippen molar-refractivity contribution in [3.63, 3.8) is 0 Å². The van der Waals surface area contributed by atoms with Crippen molar-refractivity contribution < 1.29 is 18.1 Å². The van der Waals surface area contributed by atoms with E-state index in [4.69, 9.17) is 24.8 Å². The van der Waals surface area contributed by atoms with Crippen molar-refractivity contribution in [2.75, 3.05) is 16.8 Å². The van der Waals surface area contributed by atoms with Gasteiger partial charge in [0.25, 0.3) is 11.4 Å². The van der Waals surface area contributed by atoms with Gasteiger partial charge in [-0.25, -0.2) is 0 Å². The Morgan fingerprint density at radius 1 is 1.19 bits per heavy atom. The maximum atomic E-state index is 9.90. The van der Waals surface area contributed by atoms with Crippen LogP contribution in [0.2, 0.25) is 0 Å². The summed E-state index contributed by atoms with van der Waals surface area (Å²) in [5.74, 6) is -0.00583. The average Bonchev–Trinajstić information content (AvgIpc) is 2.00. The standard InChI is InChI=1S/C4H6N6O.Na.H2O3S.H/c5-2-8-3(6)10-4(9-2)7-1-11;;1-4(2)3;/h1H,(H5,5,6,7,8,9,10,11);;(H2,1,2,3);. The molecular formula is C4H9N6NaO4S. The summed E-state index contributed by atoms with van der Waals surface area (Å²) >= 11 is -2.61. The normalized spacial score (nSPS) is 8.44. The van der Waals surface area contributed by atoms with Gasteiger partial charge < -0.3 is 11.5 Å². The number of nitrogens with zero attached hydrogens (tertiary/aromatic N) is 3. The minimum absolute atomic E-state index is 0. The summed E-state index contributed by atoms with van der Waals surface area (Å²) in [6.07, 6.45) is 0.425. The van der Waals surface area contributed by atoms with Gasteiger partial charge in [0.05, 0.1) is 0 Å². The van der Waals surface area contributed by atoms with Crippen LogP contribution in [0.15, 0.2) is 0 Å². The maximum absolute atomic E-state index is 9.90. The minimum atomic E-state index is -2.61. The van der Waals surface area contributed by atoms with Crippen LogP contribution in [0.1, 0.15) is 0 Å². The molecular weight excluding hydrogens is 251 g/mol. The van der Waals surface area contributed by atoms with Gasteiger partial charge in [-0.15, -0.1) is 0 Å². The Balaban J connectivity index is 0. The van der Waals surface area contributed by atoms with Gasteiger partial charge in [0, 0.05) is 0 Å². The van der Waals surface area contributed by atoms with Gasteiger partial charge in [-0.05, 0) is 0 Å². The molecule has 12 heteroatoms. The first-order valence-electron chi connectivity index (χ1n) is 3.23. The van der Waals surface area contributed by atoms with E-state index in [1.807, 2.05) is 0 Å². The van der Waals surface area contributed by atoms with Crippen molar-refractivity contribution in [1.29, 1.82) is 0 Å². The summed E-state index contributed by atoms with van der Waals surface area (Å²) in [7, 11) is 0. The predicted octanol–water partition coefficient (Wildman–Crippen LogP) is -2.36. The molecule has 0 bridgehead atoms. The van der Waals surface area contributed by atoms with Gasteiger partial charge in [-0.1, -0.05) is 0 Å². The fourth-order valence-electron chi connectivity index (χ4n) is 0.527. The van der Waals surface area contributed by atoms with E-state index in [9.17, 15) is 4.79 Å². The number of nitrogens with one attached hydrogen (secondary N) is 1. The van der Waals surface area contributed by atoms with Crippen LogP contribution in [0.3, 0.4) is 0 Å². The molecule has 86 valence electrons. The molecule has 10 nitrogen and oxygen atoms in total. The van der Waals surface area contributed by atoms with Gasteiger partial charge >= 0.3 is 29.6 Å². The van der Waals surface area contributed by atoms with Crippen molar-refractivity contribution in [2.45, 2.75) is 0 Å². The zero-order valence-electron chi connectivity index (χ0n) is 7.19. The van der Waals surface area contributed by atoms with Crippen LogP contribution in [-0.2, 0) is 16.2 Å². The number of carbonyl (C=O) groups excluding carboxylic acids is 1. The summed E-state index contributed by atoms with van der Waals surface area (Å²) < 4.78 is 22.8. The molecule has 0 aliphatic heterocycles. The molecule has 0 radical (unpaired) electrons. The Kier molecular flexibility index (Phi) is 10.3. The fraction of sp³-hybridized carbons (Fsp3) is 0. The van der Waals surface area contributed by atoms with Crippen LogP contribution in [0.5, 0.6) is 0 Å². The van der Waals surface area contributed by atoms with Crippen LogP contribution < -0.4 is 16.8 Å². The third kappa shape index (κ3) is 9.70.